The molecule has 2 rings (SSSR count). The van der Waals surface area contributed by atoms with Crippen molar-refractivity contribution in [1.29, 1.82) is 0 Å². The maximum absolute atomic E-state index is 12.1. The van der Waals surface area contributed by atoms with Gasteiger partial charge in [-0.15, -0.1) is 0 Å². The van der Waals surface area contributed by atoms with E-state index in [0.717, 1.165) is 0 Å². The van der Waals surface area contributed by atoms with Crippen LogP contribution >= 0.6 is 0 Å². The second kappa shape index (κ2) is 4.11. The highest BCUT2D eigenvalue weighted by Gasteiger charge is 2.36. The lowest BCUT2D eigenvalue weighted by atomic mass is 10.1. The first kappa shape index (κ1) is 12.1. The second-order valence-electron chi connectivity index (χ2n) is 4.06. The average molecular weight is 259 g/mol. The molecule has 1 unspecified atom stereocenters. The summed E-state index contributed by atoms with van der Waals surface area (Å²) in [5.74, 6) is -1.57. The molecule has 1 aromatic heterocycles. The number of carboxylic acids is 1. The van der Waals surface area contributed by atoms with E-state index < -0.39 is 21.9 Å². The van der Waals surface area contributed by atoms with Crippen molar-refractivity contribution in [3.05, 3.63) is 12.5 Å². The minimum absolute atomic E-state index is 0.0221. The minimum Gasteiger partial charge on any atom is -0.481 e. The molecule has 1 aromatic rings. The summed E-state index contributed by atoms with van der Waals surface area (Å²) in [6.45, 7) is 0.254. The molecule has 2 heterocycles. The first-order chi connectivity index (χ1) is 7.91. The molecule has 0 amide bonds. The van der Waals surface area contributed by atoms with Gasteiger partial charge in [0.1, 0.15) is 0 Å². The Morgan fingerprint density at radius 1 is 1.59 bits per heavy atom. The molecule has 0 radical (unpaired) electrons. The summed E-state index contributed by atoms with van der Waals surface area (Å²) in [5.41, 5.74) is 0. The zero-order valence-corrected chi connectivity index (χ0v) is 10.1. The molecular formula is C9H13N3O4S. The van der Waals surface area contributed by atoms with Crippen molar-refractivity contribution in [2.45, 2.75) is 11.4 Å². The highest BCUT2D eigenvalue weighted by molar-refractivity contribution is 7.89. The third-order valence-corrected chi connectivity index (χ3v) is 4.54. The maximum atomic E-state index is 12.1. The molecule has 8 heteroatoms. The van der Waals surface area contributed by atoms with Crippen LogP contribution in [-0.4, -0.2) is 46.4 Å². The van der Waals surface area contributed by atoms with E-state index in [9.17, 15) is 13.2 Å². The monoisotopic (exact) mass is 259 g/mol. The van der Waals surface area contributed by atoms with E-state index in [1.807, 2.05) is 0 Å². The van der Waals surface area contributed by atoms with Crippen molar-refractivity contribution >= 4 is 16.0 Å². The quantitative estimate of drug-likeness (QED) is 0.791. The molecule has 0 bridgehead atoms. The highest BCUT2D eigenvalue weighted by Crippen LogP contribution is 2.23. The first-order valence-corrected chi connectivity index (χ1v) is 6.56. The van der Waals surface area contributed by atoms with Crippen molar-refractivity contribution in [1.82, 2.24) is 13.9 Å². The summed E-state index contributed by atoms with van der Waals surface area (Å²) >= 11 is 0. The predicted octanol–water partition coefficient (Wildman–Crippen LogP) is -0.485. The Bertz CT molecular complexity index is 536. The second-order valence-corrected chi connectivity index (χ2v) is 5.95. The normalized spacial score (nSPS) is 21.8. The number of aryl methyl sites for hydroxylation is 1. The third kappa shape index (κ3) is 2.18. The van der Waals surface area contributed by atoms with Crippen LogP contribution in [0.1, 0.15) is 6.42 Å². The summed E-state index contributed by atoms with van der Waals surface area (Å²) in [7, 11) is -1.97. The van der Waals surface area contributed by atoms with E-state index in [1.54, 1.807) is 7.05 Å². The SMILES string of the molecule is Cn1cnc(S(=O)(=O)N2CCC(C(=O)O)C2)c1. The standard InChI is InChI=1S/C9H13N3O4S/c1-11-5-8(10-6-11)17(15,16)12-3-2-7(4-12)9(13)14/h5-7H,2-4H2,1H3,(H,13,14). The largest absolute Gasteiger partial charge is 0.481 e. The van der Waals surface area contributed by atoms with Gasteiger partial charge in [-0.2, -0.15) is 4.31 Å². The Morgan fingerprint density at radius 3 is 2.76 bits per heavy atom. The Balaban J connectivity index is 2.21. The van der Waals surface area contributed by atoms with Gasteiger partial charge < -0.3 is 9.67 Å². The van der Waals surface area contributed by atoms with E-state index >= 15 is 0 Å². The zero-order chi connectivity index (χ0) is 12.6. The Labute approximate surface area is 98.7 Å². The van der Waals surface area contributed by atoms with Crippen LogP contribution in [0.4, 0.5) is 0 Å². The molecule has 1 aliphatic heterocycles. The molecule has 0 spiro atoms. The van der Waals surface area contributed by atoms with Gasteiger partial charge in [-0.3, -0.25) is 4.79 Å². The number of rotatable bonds is 3. The topological polar surface area (TPSA) is 92.5 Å². The fraction of sp³-hybridized carbons (Fsp3) is 0.556. The lowest BCUT2D eigenvalue weighted by molar-refractivity contribution is -0.141. The Hall–Kier alpha value is -1.41. The van der Waals surface area contributed by atoms with E-state index in [1.165, 1.54) is 21.4 Å². The smallest absolute Gasteiger partial charge is 0.307 e. The van der Waals surface area contributed by atoms with Gasteiger partial charge in [-0.05, 0) is 6.42 Å². The van der Waals surface area contributed by atoms with Gasteiger partial charge in [0.25, 0.3) is 10.0 Å². The molecule has 1 N–H and O–H groups in total. The van der Waals surface area contributed by atoms with Gasteiger partial charge in [-0.1, -0.05) is 0 Å². The first-order valence-electron chi connectivity index (χ1n) is 5.12. The highest BCUT2D eigenvalue weighted by atomic mass is 32.2. The van der Waals surface area contributed by atoms with Gasteiger partial charge in [0.05, 0.1) is 12.2 Å². The molecule has 0 aromatic carbocycles. The number of carboxylic acid groups (broad SMARTS) is 1. The molecule has 0 aliphatic carbocycles. The van der Waals surface area contributed by atoms with Crippen LogP contribution in [0, 0.1) is 5.92 Å². The van der Waals surface area contributed by atoms with E-state index in [4.69, 9.17) is 5.11 Å². The number of imidazole rings is 1. The van der Waals surface area contributed by atoms with Crippen LogP contribution in [-0.2, 0) is 21.9 Å². The van der Waals surface area contributed by atoms with Gasteiger partial charge >= 0.3 is 5.97 Å². The van der Waals surface area contributed by atoms with Crippen molar-refractivity contribution in [3.8, 4) is 0 Å². The van der Waals surface area contributed by atoms with E-state index in [0.29, 0.717) is 6.42 Å². The number of carbonyl (C=O) groups is 1. The summed E-state index contributed by atoms with van der Waals surface area (Å²) in [6, 6.07) is 0. The van der Waals surface area contributed by atoms with Crippen LogP contribution < -0.4 is 0 Å². The van der Waals surface area contributed by atoms with Crippen molar-refractivity contribution in [3.63, 3.8) is 0 Å². The van der Waals surface area contributed by atoms with Crippen molar-refractivity contribution in [2.24, 2.45) is 13.0 Å². The molecule has 1 atom stereocenters. The number of aliphatic carboxylic acids is 1. The summed E-state index contributed by atoms with van der Waals surface area (Å²) in [5, 5.41) is 8.79. The zero-order valence-electron chi connectivity index (χ0n) is 9.28. The van der Waals surface area contributed by atoms with Gasteiger partial charge in [0.2, 0.25) is 0 Å². The van der Waals surface area contributed by atoms with E-state index in [2.05, 4.69) is 4.98 Å². The molecular weight excluding hydrogens is 246 g/mol. The third-order valence-electron chi connectivity index (χ3n) is 2.79. The summed E-state index contributed by atoms with van der Waals surface area (Å²) in [6.07, 6.45) is 3.16. The average Bonchev–Trinajstić information content (AvgIpc) is 2.85. The lowest BCUT2D eigenvalue weighted by Gasteiger charge is -2.13. The number of nitrogens with zero attached hydrogens (tertiary/aromatic N) is 3. The molecule has 7 nitrogen and oxygen atoms in total. The number of sulfonamides is 1. The summed E-state index contributed by atoms with van der Waals surface area (Å²) < 4.78 is 26.9. The van der Waals surface area contributed by atoms with Crippen LogP contribution in [0.25, 0.3) is 0 Å². The number of hydrogen-bond donors (Lipinski definition) is 1. The molecule has 1 fully saturated rings. The molecule has 17 heavy (non-hydrogen) atoms. The Kier molecular flexibility index (Phi) is 2.92. The van der Waals surface area contributed by atoms with Gasteiger partial charge in [0.15, 0.2) is 5.03 Å². The van der Waals surface area contributed by atoms with Crippen LogP contribution in [0.5, 0.6) is 0 Å². The van der Waals surface area contributed by atoms with Crippen molar-refractivity contribution < 1.29 is 18.3 Å². The predicted molar refractivity (Wildman–Crippen MR) is 57.7 cm³/mol. The maximum Gasteiger partial charge on any atom is 0.307 e. The van der Waals surface area contributed by atoms with Gasteiger partial charge in [-0.25, -0.2) is 13.4 Å². The molecule has 94 valence electrons. The van der Waals surface area contributed by atoms with Crippen LogP contribution in [0.3, 0.4) is 0 Å². The number of hydrogen-bond acceptors (Lipinski definition) is 4. The molecule has 0 saturated carbocycles. The Morgan fingerprint density at radius 2 is 2.29 bits per heavy atom. The van der Waals surface area contributed by atoms with Crippen LogP contribution in [0.2, 0.25) is 0 Å². The fourth-order valence-electron chi connectivity index (χ4n) is 1.80. The molecule has 1 aliphatic rings. The van der Waals surface area contributed by atoms with Crippen LogP contribution in [0.15, 0.2) is 17.6 Å². The molecule has 1 saturated heterocycles. The lowest BCUT2D eigenvalue weighted by Crippen LogP contribution is -2.30. The minimum atomic E-state index is -3.65. The number of aromatic nitrogens is 2. The van der Waals surface area contributed by atoms with E-state index in [-0.39, 0.29) is 18.1 Å². The fourth-order valence-corrected chi connectivity index (χ4v) is 3.27. The summed E-state index contributed by atoms with van der Waals surface area (Å²) in [4.78, 5) is 14.6. The van der Waals surface area contributed by atoms with Crippen molar-refractivity contribution in [2.75, 3.05) is 13.1 Å². The van der Waals surface area contributed by atoms with Gasteiger partial charge in [0, 0.05) is 26.3 Å².